The molecule has 7 heteroatoms. The molecule has 1 aromatic heterocycles. The third-order valence-corrected chi connectivity index (χ3v) is 5.25. The second-order valence-electron chi connectivity index (χ2n) is 6.93. The van der Waals surface area contributed by atoms with Gasteiger partial charge >= 0.3 is 0 Å². The molecule has 0 unspecified atom stereocenters. The minimum absolute atomic E-state index is 0.0309. The minimum Gasteiger partial charge on any atom is -0.493 e. The van der Waals surface area contributed by atoms with Gasteiger partial charge in [0.25, 0.3) is 5.91 Å². The number of rotatable bonds is 4. The van der Waals surface area contributed by atoms with Gasteiger partial charge in [-0.2, -0.15) is 0 Å². The summed E-state index contributed by atoms with van der Waals surface area (Å²) in [5, 5.41) is 21.3. The van der Waals surface area contributed by atoms with Gasteiger partial charge in [-0.1, -0.05) is 0 Å². The van der Waals surface area contributed by atoms with Gasteiger partial charge in [-0.05, 0) is 36.6 Å². The average molecular weight is 342 g/mol. The van der Waals surface area contributed by atoms with E-state index in [-0.39, 0.29) is 17.7 Å². The number of fused-ring (bicyclic) bond motifs is 1. The van der Waals surface area contributed by atoms with E-state index in [0.717, 1.165) is 30.0 Å². The number of benzene rings is 1. The summed E-state index contributed by atoms with van der Waals surface area (Å²) in [4.78, 5) is 12.4. The van der Waals surface area contributed by atoms with Crippen molar-refractivity contribution in [2.75, 3.05) is 13.2 Å². The summed E-state index contributed by atoms with van der Waals surface area (Å²) < 4.78 is 7.36. The van der Waals surface area contributed by atoms with Crippen molar-refractivity contribution in [3.8, 4) is 5.75 Å². The van der Waals surface area contributed by atoms with E-state index in [2.05, 4.69) is 15.5 Å². The Labute approximate surface area is 146 Å². The fourth-order valence-corrected chi connectivity index (χ4v) is 3.85. The number of hydrogen-bond donors (Lipinski definition) is 2. The zero-order chi connectivity index (χ0) is 17.4. The molecule has 25 heavy (non-hydrogen) atoms. The lowest BCUT2D eigenvalue weighted by Crippen LogP contribution is -2.32. The Morgan fingerprint density at radius 3 is 3.12 bits per heavy atom. The van der Waals surface area contributed by atoms with Gasteiger partial charge in [-0.15, -0.1) is 10.2 Å². The van der Waals surface area contributed by atoms with Crippen LogP contribution in [0, 0.1) is 5.92 Å². The number of amides is 1. The standard InChI is InChI=1S/C18H22N4O3/c1-22-10-20-21-17(22)13-7-14(15(23)8-13)9-19-18(24)12-2-3-16-11(6-12)4-5-25-16/h2-3,6,10,13-15,23H,4-5,7-9H2,1H3,(H,19,24)/t13-,14+,15+/m0/s1. The summed E-state index contributed by atoms with van der Waals surface area (Å²) in [6.45, 7) is 1.14. The van der Waals surface area contributed by atoms with Crippen LogP contribution in [0.4, 0.5) is 0 Å². The van der Waals surface area contributed by atoms with Crippen LogP contribution in [0.15, 0.2) is 24.5 Å². The van der Waals surface area contributed by atoms with Crippen LogP contribution in [0.3, 0.4) is 0 Å². The number of hydrogen-bond acceptors (Lipinski definition) is 5. The Morgan fingerprint density at radius 2 is 2.32 bits per heavy atom. The number of ether oxygens (including phenoxy) is 1. The molecule has 2 aliphatic rings. The van der Waals surface area contributed by atoms with Crippen LogP contribution in [-0.2, 0) is 13.5 Å². The topological polar surface area (TPSA) is 89.3 Å². The molecule has 0 radical (unpaired) electrons. The maximum Gasteiger partial charge on any atom is 0.251 e. The molecule has 0 saturated heterocycles. The van der Waals surface area contributed by atoms with Crippen LogP contribution in [0.5, 0.6) is 5.75 Å². The quantitative estimate of drug-likeness (QED) is 0.866. The summed E-state index contributed by atoms with van der Waals surface area (Å²) >= 11 is 0. The Hall–Kier alpha value is -2.41. The van der Waals surface area contributed by atoms with Crippen molar-refractivity contribution in [2.24, 2.45) is 13.0 Å². The largest absolute Gasteiger partial charge is 0.493 e. The molecular formula is C18H22N4O3. The van der Waals surface area contributed by atoms with Gasteiger partial charge in [0.1, 0.15) is 17.9 Å². The SMILES string of the molecule is Cn1cnnc1[C@H]1C[C@H](CNC(=O)c2ccc3c(c2)CCO3)[C@H](O)C1. The minimum atomic E-state index is -0.435. The van der Waals surface area contributed by atoms with Gasteiger partial charge in [0, 0.05) is 37.4 Å². The van der Waals surface area contributed by atoms with E-state index in [4.69, 9.17) is 4.74 Å². The van der Waals surface area contributed by atoms with Crippen molar-refractivity contribution < 1.29 is 14.6 Å². The number of aliphatic hydroxyl groups is 1. The third-order valence-electron chi connectivity index (χ3n) is 5.25. The first-order chi connectivity index (χ1) is 12.1. The Kier molecular flexibility index (Phi) is 4.17. The molecule has 2 heterocycles. The van der Waals surface area contributed by atoms with Crippen LogP contribution in [0.2, 0.25) is 0 Å². The van der Waals surface area contributed by atoms with E-state index < -0.39 is 6.10 Å². The zero-order valence-corrected chi connectivity index (χ0v) is 14.2. The van der Waals surface area contributed by atoms with Crippen molar-refractivity contribution in [1.29, 1.82) is 0 Å². The molecule has 0 bridgehead atoms. The highest BCUT2D eigenvalue weighted by molar-refractivity contribution is 5.94. The second kappa shape index (κ2) is 6.48. The Balaban J connectivity index is 1.36. The molecular weight excluding hydrogens is 320 g/mol. The fraction of sp³-hybridized carbons (Fsp3) is 0.500. The molecule has 7 nitrogen and oxygen atoms in total. The lowest BCUT2D eigenvalue weighted by Gasteiger charge is -2.15. The van der Waals surface area contributed by atoms with E-state index in [1.54, 1.807) is 12.4 Å². The molecule has 2 aromatic rings. The highest BCUT2D eigenvalue weighted by Gasteiger charge is 2.36. The lowest BCUT2D eigenvalue weighted by atomic mass is 10.0. The van der Waals surface area contributed by atoms with Crippen LogP contribution < -0.4 is 10.1 Å². The van der Waals surface area contributed by atoms with Crippen LogP contribution in [0.1, 0.15) is 40.5 Å². The predicted octanol–water partition coefficient (Wildman–Crippen LogP) is 1.03. The molecule has 1 aliphatic carbocycles. The lowest BCUT2D eigenvalue weighted by molar-refractivity contribution is 0.0916. The smallest absolute Gasteiger partial charge is 0.251 e. The van der Waals surface area contributed by atoms with Gasteiger partial charge in [0.2, 0.25) is 0 Å². The number of carbonyl (C=O) groups excluding carboxylic acids is 1. The van der Waals surface area contributed by atoms with Gasteiger partial charge in [0.15, 0.2) is 0 Å². The van der Waals surface area contributed by atoms with Crippen molar-refractivity contribution in [3.63, 3.8) is 0 Å². The zero-order valence-electron chi connectivity index (χ0n) is 14.2. The summed E-state index contributed by atoms with van der Waals surface area (Å²) in [5.41, 5.74) is 1.72. The number of carbonyl (C=O) groups is 1. The van der Waals surface area contributed by atoms with Crippen LogP contribution >= 0.6 is 0 Å². The number of nitrogens with zero attached hydrogens (tertiary/aromatic N) is 3. The van der Waals surface area contributed by atoms with E-state index in [1.807, 2.05) is 23.7 Å². The van der Waals surface area contributed by atoms with Crippen molar-refractivity contribution in [2.45, 2.75) is 31.3 Å². The van der Waals surface area contributed by atoms with E-state index >= 15 is 0 Å². The van der Waals surface area contributed by atoms with E-state index in [1.165, 1.54) is 0 Å². The third kappa shape index (κ3) is 3.11. The molecule has 4 rings (SSSR count). The molecule has 1 aliphatic heterocycles. The maximum absolute atomic E-state index is 12.4. The van der Waals surface area contributed by atoms with Crippen LogP contribution in [-0.4, -0.2) is 45.0 Å². The number of aryl methyl sites for hydroxylation is 1. The second-order valence-corrected chi connectivity index (χ2v) is 6.93. The van der Waals surface area contributed by atoms with Gasteiger partial charge in [-0.25, -0.2) is 0 Å². The molecule has 1 aromatic carbocycles. The highest BCUT2D eigenvalue weighted by Crippen LogP contribution is 2.37. The molecule has 1 fully saturated rings. The first kappa shape index (κ1) is 16.1. The summed E-state index contributed by atoms with van der Waals surface area (Å²) in [5.74, 6) is 1.87. The predicted molar refractivity (Wildman–Crippen MR) is 90.4 cm³/mol. The van der Waals surface area contributed by atoms with Crippen LogP contribution in [0.25, 0.3) is 0 Å². The molecule has 1 saturated carbocycles. The molecule has 132 valence electrons. The number of aliphatic hydroxyl groups excluding tert-OH is 1. The van der Waals surface area contributed by atoms with E-state index in [9.17, 15) is 9.90 Å². The Morgan fingerprint density at radius 1 is 1.44 bits per heavy atom. The van der Waals surface area contributed by atoms with Crippen molar-refractivity contribution in [3.05, 3.63) is 41.5 Å². The van der Waals surface area contributed by atoms with Crippen molar-refractivity contribution in [1.82, 2.24) is 20.1 Å². The van der Waals surface area contributed by atoms with Gasteiger partial charge < -0.3 is 19.7 Å². The van der Waals surface area contributed by atoms with Crippen molar-refractivity contribution >= 4 is 5.91 Å². The number of nitrogens with one attached hydrogen (secondary N) is 1. The summed E-state index contributed by atoms with van der Waals surface area (Å²) in [6, 6.07) is 5.53. The van der Waals surface area contributed by atoms with Gasteiger partial charge in [-0.3, -0.25) is 4.79 Å². The Bertz CT molecular complexity index is 788. The fourth-order valence-electron chi connectivity index (χ4n) is 3.85. The molecule has 3 atom stereocenters. The molecule has 0 spiro atoms. The monoisotopic (exact) mass is 342 g/mol. The average Bonchev–Trinajstić information content (AvgIpc) is 3.31. The first-order valence-corrected chi connectivity index (χ1v) is 8.67. The first-order valence-electron chi connectivity index (χ1n) is 8.67. The number of aromatic nitrogens is 3. The van der Waals surface area contributed by atoms with E-state index in [0.29, 0.717) is 25.1 Å². The summed E-state index contributed by atoms with van der Waals surface area (Å²) in [6.07, 6.45) is 3.54. The highest BCUT2D eigenvalue weighted by atomic mass is 16.5. The molecule has 1 amide bonds. The molecule has 2 N–H and O–H groups in total. The van der Waals surface area contributed by atoms with Gasteiger partial charge in [0.05, 0.1) is 12.7 Å². The normalized spacial score (nSPS) is 24.8. The summed E-state index contributed by atoms with van der Waals surface area (Å²) in [7, 11) is 1.91. The maximum atomic E-state index is 12.4.